The van der Waals surface area contributed by atoms with Crippen LogP contribution in [0.3, 0.4) is 0 Å². The van der Waals surface area contributed by atoms with Gasteiger partial charge in [-0.3, -0.25) is 9.59 Å². The highest BCUT2D eigenvalue weighted by Crippen LogP contribution is 2.29. The van der Waals surface area contributed by atoms with Crippen molar-refractivity contribution < 1.29 is 27.9 Å². The fraction of sp³-hybridized carbons (Fsp3) is 0.385. The summed E-state index contributed by atoms with van der Waals surface area (Å²) < 4.78 is 37.1. The molecule has 0 bridgehead atoms. The Labute approximate surface area is 108 Å². The van der Waals surface area contributed by atoms with Gasteiger partial charge in [-0.1, -0.05) is 26.0 Å². The highest BCUT2D eigenvalue weighted by Gasteiger charge is 2.31. The first kappa shape index (κ1) is 15.2. The predicted molar refractivity (Wildman–Crippen MR) is 61.7 cm³/mol. The van der Waals surface area contributed by atoms with E-state index in [1.807, 2.05) is 0 Å². The number of ketones is 1. The molecular weight excluding hydrogens is 261 g/mol. The fourth-order valence-corrected chi connectivity index (χ4v) is 1.53. The maximum atomic E-state index is 12.4. The molecule has 1 aromatic carbocycles. The summed E-state index contributed by atoms with van der Waals surface area (Å²) in [6, 6.07) is 3.75. The summed E-state index contributed by atoms with van der Waals surface area (Å²) in [4.78, 5) is 22.7. The molecule has 0 aromatic heterocycles. The highest BCUT2D eigenvalue weighted by atomic mass is 19.4. The van der Waals surface area contributed by atoms with Gasteiger partial charge in [-0.15, -0.1) is 0 Å². The number of Topliss-reactive ketones (excluding diaryl/α,β-unsaturated/α-hetero) is 1. The number of aliphatic carboxylic acids is 1. The van der Waals surface area contributed by atoms with E-state index in [4.69, 9.17) is 5.11 Å². The molecule has 1 rings (SSSR count). The normalized spacial score (nSPS) is 14.8. The summed E-state index contributed by atoms with van der Waals surface area (Å²) in [5.41, 5.74) is -0.767. The van der Waals surface area contributed by atoms with Gasteiger partial charge in [0.15, 0.2) is 5.78 Å². The first-order chi connectivity index (χ1) is 8.64. The van der Waals surface area contributed by atoms with Crippen LogP contribution in [0.1, 0.15) is 29.8 Å². The third-order valence-electron chi connectivity index (χ3n) is 3.05. The van der Waals surface area contributed by atoms with Gasteiger partial charge >= 0.3 is 12.1 Å². The summed E-state index contributed by atoms with van der Waals surface area (Å²) in [7, 11) is 0. The zero-order valence-electron chi connectivity index (χ0n) is 10.4. The van der Waals surface area contributed by atoms with E-state index in [1.54, 1.807) is 0 Å². The zero-order valence-corrected chi connectivity index (χ0v) is 10.4. The van der Waals surface area contributed by atoms with Crippen LogP contribution in [0.4, 0.5) is 13.2 Å². The first-order valence-electron chi connectivity index (χ1n) is 5.59. The monoisotopic (exact) mass is 274 g/mol. The Balaban J connectivity index is 2.93. The second-order valence-corrected chi connectivity index (χ2v) is 4.35. The van der Waals surface area contributed by atoms with Gasteiger partial charge in [0.05, 0.1) is 11.5 Å². The number of alkyl halides is 3. The molecule has 0 amide bonds. The van der Waals surface area contributed by atoms with E-state index in [2.05, 4.69) is 0 Å². The molecule has 2 unspecified atom stereocenters. The number of benzene rings is 1. The van der Waals surface area contributed by atoms with E-state index in [0.29, 0.717) is 0 Å². The van der Waals surface area contributed by atoms with Crippen LogP contribution in [0.15, 0.2) is 24.3 Å². The summed E-state index contributed by atoms with van der Waals surface area (Å²) in [5, 5.41) is 8.80. The Bertz CT molecular complexity index is 477. The van der Waals surface area contributed by atoms with E-state index < -0.39 is 35.3 Å². The molecule has 0 fully saturated rings. The average molecular weight is 274 g/mol. The topological polar surface area (TPSA) is 54.4 Å². The number of carbonyl (C=O) groups is 2. The first-order valence-corrected chi connectivity index (χ1v) is 5.59. The Kier molecular flexibility index (Phi) is 4.34. The molecule has 0 aliphatic carbocycles. The number of hydrogen-bond acceptors (Lipinski definition) is 2. The fourth-order valence-electron chi connectivity index (χ4n) is 1.53. The van der Waals surface area contributed by atoms with E-state index in [-0.39, 0.29) is 5.56 Å². The Hall–Kier alpha value is -1.85. The number of carbonyl (C=O) groups excluding carboxylic acids is 1. The Morgan fingerprint density at radius 1 is 1.05 bits per heavy atom. The van der Waals surface area contributed by atoms with Gasteiger partial charge in [0, 0.05) is 11.5 Å². The van der Waals surface area contributed by atoms with E-state index in [9.17, 15) is 22.8 Å². The second-order valence-electron chi connectivity index (χ2n) is 4.35. The van der Waals surface area contributed by atoms with Crippen molar-refractivity contribution in [2.45, 2.75) is 20.0 Å². The lowest BCUT2D eigenvalue weighted by atomic mass is 9.88. The van der Waals surface area contributed by atoms with Gasteiger partial charge in [-0.25, -0.2) is 0 Å². The molecule has 3 nitrogen and oxygen atoms in total. The molecule has 6 heteroatoms. The van der Waals surface area contributed by atoms with Crippen molar-refractivity contribution in [2.24, 2.45) is 11.8 Å². The third kappa shape index (κ3) is 3.56. The van der Waals surface area contributed by atoms with E-state index >= 15 is 0 Å². The lowest BCUT2D eigenvalue weighted by Crippen LogP contribution is -2.25. The van der Waals surface area contributed by atoms with Gasteiger partial charge in [0.25, 0.3) is 0 Å². The molecule has 1 aromatic rings. The van der Waals surface area contributed by atoms with Crippen LogP contribution in [0, 0.1) is 11.8 Å². The van der Waals surface area contributed by atoms with E-state index in [1.165, 1.54) is 13.8 Å². The molecule has 0 spiro atoms. The molecule has 2 atom stereocenters. The van der Waals surface area contributed by atoms with Crippen molar-refractivity contribution in [1.82, 2.24) is 0 Å². The lowest BCUT2D eigenvalue weighted by molar-refractivity contribution is -0.142. The minimum Gasteiger partial charge on any atom is -0.481 e. The summed E-state index contributed by atoms with van der Waals surface area (Å²) in [6.45, 7) is 2.83. The van der Waals surface area contributed by atoms with Crippen molar-refractivity contribution in [3.05, 3.63) is 35.4 Å². The highest BCUT2D eigenvalue weighted by molar-refractivity contribution is 5.99. The standard InChI is InChI=1S/C13H13F3O3/c1-7(8(2)12(18)19)11(17)9-3-5-10(6-4-9)13(14,15)16/h3-8H,1-2H3,(H,18,19). The van der Waals surface area contributed by atoms with Crippen LogP contribution < -0.4 is 0 Å². The Morgan fingerprint density at radius 3 is 1.89 bits per heavy atom. The molecule has 0 radical (unpaired) electrons. The van der Waals surface area contributed by atoms with E-state index in [0.717, 1.165) is 24.3 Å². The summed E-state index contributed by atoms with van der Waals surface area (Å²) in [6.07, 6.45) is -4.46. The molecule has 0 aliphatic heterocycles. The minimum absolute atomic E-state index is 0.0774. The van der Waals surface area contributed by atoms with Crippen molar-refractivity contribution in [1.29, 1.82) is 0 Å². The van der Waals surface area contributed by atoms with Gasteiger partial charge in [0.1, 0.15) is 0 Å². The number of rotatable bonds is 4. The zero-order chi connectivity index (χ0) is 14.8. The molecular formula is C13H13F3O3. The molecule has 104 valence electrons. The molecule has 0 saturated heterocycles. The number of halogens is 3. The van der Waals surface area contributed by atoms with Crippen LogP contribution in [-0.2, 0) is 11.0 Å². The van der Waals surface area contributed by atoms with Crippen LogP contribution in [0.5, 0.6) is 0 Å². The van der Waals surface area contributed by atoms with Gasteiger partial charge in [-0.2, -0.15) is 13.2 Å². The number of hydrogen-bond donors (Lipinski definition) is 1. The quantitative estimate of drug-likeness (QED) is 0.857. The van der Waals surface area contributed by atoms with Crippen molar-refractivity contribution in [3.63, 3.8) is 0 Å². The predicted octanol–water partition coefficient (Wildman–Crippen LogP) is 3.24. The summed E-state index contributed by atoms with van der Waals surface area (Å²) in [5.74, 6) is -3.29. The van der Waals surface area contributed by atoms with Crippen LogP contribution in [0.2, 0.25) is 0 Å². The summed E-state index contributed by atoms with van der Waals surface area (Å²) >= 11 is 0. The largest absolute Gasteiger partial charge is 0.481 e. The lowest BCUT2D eigenvalue weighted by Gasteiger charge is -2.15. The van der Waals surface area contributed by atoms with Crippen LogP contribution >= 0.6 is 0 Å². The van der Waals surface area contributed by atoms with Gasteiger partial charge in [0.2, 0.25) is 0 Å². The maximum absolute atomic E-state index is 12.4. The average Bonchev–Trinajstić information content (AvgIpc) is 2.35. The molecule has 19 heavy (non-hydrogen) atoms. The second kappa shape index (κ2) is 5.42. The number of carboxylic acid groups (broad SMARTS) is 1. The smallest absolute Gasteiger partial charge is 0.416 e. The maximum Gasteiger partial charge on any atom is 0.416 e. The van der Waals surface area contributed by atoms with Crippen molar-refractivity contribution >= 4 is 11.8 Å². The Morgan fingerprint density at radius 2 is 1.53 bits per heavy atom. The van der Waals surface area contributed by atoms with Crippen molar-refractivity contribution in [3.8, 4) is 0 Å². The SMILES string of the molecule is CC(C(=O)O)C(C)C(=O)c1ccc(C(F)(F)F)cc1. The third-order valence-corrected chi connectivity index (χ3v) is 3.05. The minimum atomic E-state index is -4.46. The van der Waals surface area contributed by atoms with Crippen LogP contribution in [0.25, 0.3) is 0 Å². The number of carboxylic acids is 1. The van der Waals surface area contributed by atoms with Gasteiger partial charge < -0.3 is 5.11 Å². The van der Waals surface area contributed by atoms with Gasteiger partial charge in [-0.05, 0) is 12.1 Å². The molecule has 0 saturated carbocycles. The molecule has 0 heterocycles. The van der Waals surface area contributed by atoms with Crippen molar-refractivity contribution in [2.75, 3.05) is 0 Å². The van der Waals surface area contributed by atoms with Crippen LogP contribution in [-0.4, -0.2) is 16.9 Å². The molecule has 0 aliphatic rings. The molecule has 1 N–H and O–H groups in total.